The third-order valence-electron chi connectivity index (χ3n) is 4.46. The highest BCUT2D eigenvalue weighted by molar-refractivity contribution is 5.96. The van der Waals surface area contributed by atoms with Crippen LogP contribution < -0.4 is 15.0 Å². The van der Waals surface area contributed by atoms with Gasteiger partial charge in [0, 0.05) is 25.3 Å². The standard InChI is InChI=1S/C16H16F6N2O3/c1-26-5-8-6-27-13-4-11-9(2-12(13)24(8)7-15(17,18)19)10(16(20,21)22)3-14(25)23-11/h2,4,8,10H,3,5-7H2,1H3,(H,23,25). The summed E-state index contributed by atoms with van der Waals surface area (Å²) in [7, 11) is 1.31. The Morgan fingerprint density at radius 2 is 1.96 bits per heavy atom. The Bertz CT molecular complexity index is 734. The average molecular weight is 398 g/mol. The molecule has 2 atom stereocenters. The van der Waals surface area contributed by atoms with Crippen molar-refractivity contribution in [2.24, 2.45) is 0 Å². The van der Waals surface area contributed by atoms with Crippen LogP contribution in [0.1, 0.15) is 17.9 Å². The van der Waals surface area contributed by atoms with Gasteiger partial charge in [-0.1, -0.05) is 0 Å². The van der Waals surface area contributed by atoms with Gasteiger partial charge in [-0.3, -0.25) is 4.79 Å². The molecule has 0 aliphatic carbocycles. The van der Waals surface area contributed by atoms with E-state index in [2.05, 4.69) is 5.32 Å². The van der Waals surface area contributed by atoms with Crippen LogP contribution in [0, 0.1) is 0 Å². The number of amides is 1. The van der Waals surface area contributed by atoms with Gasteiger partial charge in [-0.25, -0.2) is 0 Å². The molecule has 0 aromatic heterocycles. The summed E-state index contributed by atoms with van der Waals surface area (Å²) >= 11 is 0. The number of fused-ring (bicyclic) bond motifs is 2. The van der Waals surface area contributed by atoms with Crippen molar-refractivity contribution in [3.05, 3.63) is 17.7 Å². The number of benzene rings is 1. The minimum absolute atomic E-state index is 0.0199. The van der Waals surface area contributed by atoms with Crippen LogP contribution in [-0.4, -0.2) is 51.2 Å². The highest BCUT2D eigenvalue weighted by Crippen LogP contribution is 2.48. The second-order valence-corrected chi connectivity index (χ2v) is 6.42. The van der Waals surface area contributed by atoms with E-state index in [1.165, 1.54) is 7.11 Å². The van der Waals surface area contributed by atoms with Gasteiger partial charge in [0.1, 0.15) is 18.9 Å². The molecule has 2 aliphatic heterocycles. The van der Waals surface area contributed by atoms with Crippen LogP contribution in [0.4, 0.5) is 37.7 Å². The van der Waals surface area contributed by atoms with Crippen molar-refractivity contribution in [1.29, 1.82) is 0 Å². The molecule has 0 fully saturated rings. The second-order valence-electron chi connectivity index (χ2n) is 6.42. The van der Waals surface area contributed by atoms with Gasteiger partial charge in [-0.05, 0) is 11.6 Å². The summed E-state index contributed by atoms with van der Waals surface area (Å²) in [5.74, 6) is -2.93. The molecule has 1 aromatic rings. The van der Waals surface area contributed by atoms with Gasteiger partial charge in [-0.15, -0.1) is 0 Å². The van der Waals surface area contributed by atoms with Gasteiger partial charge < -0.3 is 19.7 Å². The molecule has 3 rings (SSSR count). The molecule has 0 saturated carbocycles. The van der Waals surface area contributed by atoms with E-state index < -0.39 is 43.2 Å². The first-order valence-corrected chi connectivity index (χ1v) is 7.99. The topological polar surface area (TPSA) is 50.8 Å². The van der Waals surface area contributed by atoms with E-state index in [0.29, 0.717) is 0 Å². The minimum atomic E-state index is -4.71. The second kappa shape index (κ2) is 6.77. The predicted octanol–water partition coefficient (Wildman–Crippen LogP) is 3.45. The zero-order valence-electron chi connectivity index (χ0n) is 14.1. The Morgan fingerprint density at radius 1 is 1.26 bits per heavy atom. The van der Waals surface area contributed by atoms with Crippen molar-refractivity contribution in [2.75, 3.05) is 37.1 Å². The van der Waals surface area contributed by atoms with Gasteiger partial charge in [0.05, 0.1) is 24.3 Å². The molecule has 1 aromatic carbocycles. The van der Waals surface area contributed by atoms with Gasteiger partial charge >= 0.3 is 12.4 Å². The van der Waals surface area contributed by atoms with E-state index in [1.807, 2.05) is 0 Å². The number of halogens is 6. The van der Waals surface area contributed by atoms with Crippen molar-refractivity contribution >= 4 is 17.3 Å². The summed E-state index contributed by atoms with van der Waals surface area (Å²) in [6, 6.07) is 1.35. The molecule has 1 amide bonds. The Morgan fingerprint density at radius 3 is 2.56 bits per heavy atom. The van der Waals surface area contributed by atoms with E-state index >= 15 is 0 Å². The Kier molecular flexibility index (Phi) is 4.91. The molecule has 2 heterocycles. The van der Waals surface area contributed by atoms with Gasteiger partial charge in [0.15, 0.2) is 0 Å². The van der Waals surface area contributed by atoms with Crippen LogP contribution in [0.15, 0.2) is 12.1 Å². The lowest BCUT2D eigenvalue weighted by Gasteiger charge is -2.40. The Balaban J connectivity index is 2.09. The lowest BCUT2D eigenvalue weighted by molar-refractivity contribution is -0.156. The zero-order chi connectivity index (χ0) is 20.0. The minimum Gasteiger partial charge on any atom is -0.489 e. The maximum Gasteiger partial charge on any atom is 0.405 e. The SMILES string of the molecule is COCC1COc2cc3c(cc2N1CC(F)(F)F)C(C(F)(F)F)CC(=O)N3. The van der Waals surface area contributed by atoms with Crippen LogP contribution >= 0.6 is 0 Å². The Labute approximate surface area is 150 Å². The molecule has 0 bridgehead atoms. The predicted molar refractivity (Wildman–Crippen MR) is 83.0 cm³/mol. The number of nitrogens with zero attached hydrogens (tertiary/aromatic N) is 1. The third-order valence-corrected chi connectivity index (χ3v) is 4.46. The normalized spacial score (nSPS) is 22.6. The van der Waals surface area contributed by atoms with Crippen molar-refractivity contribution in [3.63, 3.8) is 0 Å². The van der Waals surface area contributed by atoms with Gasteiger partial charge in [0.25, 0.3) is 0 Å². The highest BCUT2D eigenvalue weighted by atomic mass is 19.4. The first-order valence-electron chi connectivity index (χ1n) is 7.99. The summed E-state index contributed by atoms with van der Waals surface area (Å²) < 4.78 is 89.6. The fourth-order valence-electron chi connectivity index (χ4n) is 3.32. The molecular formula is C16H16F6N2O3. The Hall–Kier alpha value is -2.17. The maximum absolute atomic E-state index is 13.4. The van der Waals surface area contributed by atoms with Crippen molar-refractivity contribution < 1.29 is 40.6 Å². The van der Waals surface area contributed by atoms with E-state index in [0.717, 1.165) is 17.0 Å². The number of rotatable bonds is 3. The number of methoxy groups -OCH3 is 1. The van der Waals surface area contributed by atoms with Crippen LogP contribution in [-0.2, 0) is 9.53 Å². The first kappa shape index (κ1) is 19.6. The molecule has 0 spiro atoms. The van der Waals surface area contributed by atoms with Crippen molar-refractivity contribution in [1.82, 2.24) is 0 Å². The average Bonchev–Trinajstić information content (AvgIpc) is 2.53. The summed E-state index contributed by atoms with van der Waals surface area (Å²) in [4.78, 5) is 12.5. The third kappa shape index (κ3) is 4.07. The van der Waals surface area contributed by atoms with Crippen molar-refractivity contribution in [3.8, 4) is 5.75 Å². The molecule has 0 saturated heterocycles. The molecule has 5 nitrogen and oxygen atoms in total. The molecule has 1 N–H and O–H groups in total. The fourth-order valence-corrected chi connectivity index (χ4v) is 3.32. The molecule has 11 heteroatoms. The number of ether oxygens (including phenoxy) is 2. The van der Waals surface area contributed by atoms with Crippen LogP contribution in [0.5, 0.6) is 5.75 Å². The quantitative estimate of drug-likeness (QED) is 0.793. The summed E-state index contributed by atoms with van der Waals surface area (Å²) in [6.45, 7) is -1.59. The fraction of sp³-hybridized carbons (Fsp3) is 0.562. The smallest absolute Gasteiger partial charge is 0.405 e. The number of nitrogens with one attached hydrogen (secondary N) is 1. The number of hydrogen-bond donors (Lipinski definition) is 1. The summed E-state index contributed by atoms with van der Waals surface area (Å²) in [5, 5.41) is 2.33. The molecule has 0 radical (unpaired) electrons. The van der Waals surface area contributed by atoms with Crippen LogP contribution in [0.25, 0.3) is 0 Å². The van der Waals surface area contributed by atoms with E-state index in [9.17, 15) is 31.1 Å². The molecular weight excluding hydrogens is 382 g/mol. The molecule has 2 unspecified atom stereocenters. The molecule has 150 valence electrons. The zero-order valence-corrected chi connectivity index (χ0v) is 14.1. The highest BCUT2D eigenvalue weighted by Gasteiger charge is 2.46. The molecule has 2 aliphatic rings. The number of carbonyl (C=O) groups excluding carboxylic acids is 1. The number of hydrogen-bond acceptors (Lipinski definition) is 4. The van der Waals surface area contributed by atoms with E-state index in [-0.39, 0.29) is 35.9 Å². The lowest BCUT2D eigenvalue weighted by Crippen LogP contribution is -2.50. The van der Waals surface area contributed by atoms with Crippen LogP contribution in [0.2, 0.25) is 0 Å². The largest absolute Gasteiger partial charge is 0.489 e. The monoisotopic (exact) mass is 398 g/mol. The van der Waals surface area contributed by atoms with E-state index in [4.69, 9.17) is 9.47 Å². The van der Waals surface area contributed by atoms with E-state index in [1.54, 1.807) is 0 Å². The number of alkyl halides is 6. The summed E-state index contributed by atoms with van der Waals surface area (Å²) in [5.41, 5.74) is -0.496. The summed E-state index contributed by atoms with van der Waals surface area (Å²) in [6.07, 6.45) is -10.1. The van der Waals surface area contributed by atoms with Crippen molar-refractivity contribution in [2.45, 2.75) is 30.7 Å². The van der Waals surface area contributed by atoms with Crippen LogP contribution in [0.3, 0.4) is 0 Å². The molecule has 27 heavy (non-hydrogen) atoms. The number of anilines is 2. The van der Waals surface area contributed by atoms with Gasteiger partial charge in [0.2, 0.25) is 5.91 Å². The number of carbonyl (C=O) groups is 1. The first-order chi connectivity index (χ1) is 12.5. The maximum atomic E-state index is 13.4. The lowest BCUT2D eigenvalue weighted by atomic mass is 9.89. The van der Waals surface area contributed by atoms with Gasteiger partial charge in [-0.2, -0.15) is 26.3 Å².